The normalized spacial score (nSPS) is 10.9. The molecule has 0 saturated carbocycles. The highest BCUT2D eigenvalue weighted by atomic mass is 16.5. The first-order valence-electron chi connectivity index (χ1n) is 9.46. The molecule has 0 spiro atoms. The Labute approximate surface area is 170 Å². The van der Waals surface area contributed by atoms with Crippen molar-refractivity contribution in [1.82, 2.24) is 5.43 Å². The van der Waals surface area contributed by atoms with E-state index in [4.69, 9.17) is 14.2 Å². The lowest BCUT2D eigenvalue weighted by Crippen LogP contribution is -2.18. The number of hydrazone groups is 1. The van der Waals surface area contributed by atoms with E-state index < -0.39 is 0 Å². The Kier molecular flexibility index (Phi) is 6.68. The molecular weight excluding hydrogens is 368 g/mol. The SMILES string of the molecule is CCOc1ccc(/C=N\NC(=O)c2cc3ccccc3cc2OC)c(OCC)c1. The van der Waals surface area contributed by atoms with Crippen molar-refractivity contribution in [2.75, 3.05) is 20.3 Å². The van der Waals surface area contributed by atoms with Gasteiger partial charge in [-0.1, -0.05) is 24.3 Å². The molecule has 0 aromatic heterocycles. The van der Waals surface area contributed by atoms with Gasteiger partial charge in [-0.3, -0.25) is 4.79 Å². The van der Waals surface area contributed by atoms with Crippen LogP contribution in [0.5, 0.6) is 17.2 Å². The van der Waals surface area contributed by atoms with Gasteiger partial charge in [0, 0.05) is 11.6 Å². The molecule has 150 valence electrons. The Bertz CT molecular complexity index is 1030. The standard InChI is InChI=1S/C23H24N2O4/c1-4-28-19-11-10-18(21(14-19)29-5-2)15-24-25-23(26)20-12-16-8-6-7-9-17(16)13-22(20)27-3/h6-15H,4-5H2,1-3H3,(H,25,26)/b24-15-. The van der Waals surface area contributed by atoms with Gasteiger partial charge >= 0.3 is 0 Å². The zero-order valence-electron chi connectivity index (χ0n) is 16.8. The van der Waals surface area contributed by atoms with Crippen LogP contribution >= 0.6 is 0 Å². The molecule has 0 unspecified atom stereocenters. The second kappa shape index (κ2) is 9.59. The minimum absolute atomic E-state index is 0.354. The van der Waals surface area contributed by atoms with Gasteiger partial charge in [-0.15, -0.1) is 0 Å². The fourth-order valence-electron chi connectivity index (χ4n) is 2.94. The van der Waals surface area contributed by atoms with E-state index in [2.05, 4.69) is 10.5 Å². The molecule has 0 radical (unpaired) electrons. The molecule has 3 aromatic carbocycles. The molecule has 0 aliphatic carbocycles. The van der Waals surface area contributed by atoms with Crippen LogP contribution in [0.25, 0.3) is 10.8 Å². The van der Waals surface area contributed by atoms with Crippen LogP contribution in [0.1, 0.15) is 29.8 Å². The van der Waals surface area contributed by atoms with Crippen molar-refractivity contribution in [3.63, 3.8) is 0 Å². The monoisotopic (exact) mass is 392 g/mol. The van der Waals surface area contributed by atoms with Crippen molar-refractivity contribution in [3.8, 4) is 17.2 Å². The molecule has 1 amide bonds. The maximum absolute atomic E-state index is 12.7. The molecule has 0 bridgehead atoms. The van der Waals surface area contributed by atoms with Crippen LogP contribution in [0.3, 0.4) is 0 Å². The van der Waals surface area contributed by atoms with Gasteiger partial charge in [-0.05, 0) is 48.9 Å². The molecule has 3 rings (SSSR count). The lowest BCUT2D eigenvalue weighted by Gasteiger charge is -2.10. The summed E-state index contributed by atoms with van der Waals surface area (Å²) in [5.74, 6) is 1.50. The lowest BCUT2D eigenvalue weighted by molar-refractivity contribution is 0.0952. The van der Waals surface area contributed by atoms with Crippen LogP contribution in [-0.2, 0) is 0 Å². The number of hydrogen-bond acceptors (Lipinski definition) is 5. The van der Waals surface area contributed by atoms with E-state index in [0.717, 1.165) is 22.1 Å². The minimum atomic E-state index is -0.354. The molecule has 0 fully saturated rings. The van der Waals surface area contributed by atoms with E-state index in [9.17, 15) is 4.79 Å². The number of nitrogens with one attached hydrogen (secondary N) is 1. The van der Waals surface area contributed by atoms with Crippen LogP contribution in [-0.4, -0.2) is 32.4 Å². The Morgan fingerprint density at radius 2 is 1.69 bits per heavy atom. The molecule has 0 aliphatic heterocycles. The van der Waals surface area contributed by atoms with E-state index in [1.165, 1.54) is 0 Å². The molecule has 29 heavy (non-hydrogen) atoms. The first-order chi connectivity index (χ1) is 14.2. The second-order valence-electron chi connectivity index (χ2n) is 6.16. The summed E-state index contributed by atoms with van der Waals surface area (Å²) in [7, 11) is 1.54. The number of carbonyl (C=O) groups excluding carboxylic acids is 1. The van der Waals surface area contributed by atoms with Crippen molar-refractivity contribution in [3.05, 3.63) is 65.7 Å². The quantitative estimate of drug-likeness (QED) is 0.455. The number of ether oxygens (including phenoxy) is 3. The molecule has 6 heteroatoms. The number of rotatable bonds is 8. The van der Waals surface area contributed by atoms with E-state index >= 15 is 0 Å². The van der Waals surface area contributed by atoms with Crippen LogP contribution < -0.4 is 19.6 Å². The third kappa shape index (κ3) is 4.85. The molecule has 6 nitrogen and oxygen atoms in total. The topological polar surface area (TPSA) is 69.2 Å². The van der Waals surface area contributed by atoms with Gasteiger partial charge in [0.05, 0.1) is 32.1 Å². The number of amides is 1. The summed E-state index contributed by atoms with van der Waals surface area (Å²) in [4.78, 5) is 12.7. The largest absolute Gasteiger partial charge is 0.496 e. The highest BCUT2D eigenvalue weighted by molar-refractivity contribution is 6.02. The van der Waals surface area contributed by atoms with E-state index in [1.807, 2.05) is 62.4 Å². The van der Waals surface area contributed by atoms with E-state index in [1.54, 1.807) is 19.4 Å². The summed E-state index contributed by atoms with van der Waals surface area (Å²) in [6.07, 6.45) is 1.55. The Morgan fingerprint density at radius 1 is 0.966 bits per heavy atom. The highest BCUT2D eigenvalue weighted by Crippen LogP contribution is 2.26. The predicted molar refractivity (Wildman–Crippen MR) is 114 cm³/mol. The van der Waals surface area contributed by atoms with Crippen LogP contribution in [0, 0.1) is 0 Å². The number of methoxy groups -OCH3 is 1. The van der Waals surface area contributed by atoms with Crippen molar-refractivity contribution < 1.29 is 19.0 Å². The molecule has 1 N–H and O–H groups in total. The minimum Gasteiger partial charge on any atom is -0.496 e. The van der Waals surface area contributed by atoms with Gasteiger partial charge in [0.15, 0.2) is 0 Å². The summed E-state index contributed by atoms with van der Waals surface area (Å²) in [5, 5.41) is 6.04. The third-order valence-electron chi connectivity index (χ3n) is 4.28. The Hall–Kier alpha value is -3.54. The van der Waals surface area contributed by atoms with E-state index in [0.29, 0.717) is 30.3 Å². The van der Waals surface area contributed by atoms with Gasteiger partial charge in [0.25, 0.3) is 5.91 Å². The molecule has 0 atom stereocenters. The summed E-state index contributed by atoms with van der Waals surface area (Å²) in [6, 6.07) is 16.9. The zero-order chi connectivity index (χ0) is 20.6. The number of fused-ring (bicyclic) bond motifs is 1. The molecule has 3 aromatic rings. The fourth-order valence-corrected chi connectivity index (χ4v) is 2.94. The molecule has 0 heterocycles. The summed E-state index contributed by atoms with van der Waals surface area (Å²) in [5.41, 5.74) is 3.71. The number of nitrogens with zero attached hydrogens (tertiary/aromatic N) is 1. The number of carbonyl (C=O) groups is 1. The molecular formula is C23H24N2O4. The lowest BCUT2D eigenvalue weighted by atomic mass is 10.1. The van der Waals surface area contributed by atoms with Crippen molar-refractivity contribution >= 4 is 22.9 Å². The maximum atomic E-state index is 12.7. The highest BCUT2D eigenvalue weighted by Gasteiger charge is 2.13. The smallest absolute Gasteiger partial charge is 0.275 e. The van der Waals surface area contributed by atoms with Crippen molar-refractivity contribution in [2.45, 2.75) is 13.8 Å². The van der Waals surface area contributed by atoms with Crippen LogP contribution in [0.4, 0.5) is 0 Å². The van der Waals surface area contributed by atoms with Gasteiger partial charge in [-0.2, -0.15) is 5.10 Å². The molecule has 0 aliphatic rings. The summed E-state index contributed by atoms with van der Waals surface area (Å²) >= 11 is 0. The zero-order valence-corrected chi connectivity index (χ0v) is 16.8. The number of benzene rings is 3. The molecule has 0 saturated heterocycles. The average Bonchev–Trinajstić information content (AvgIpc) is 2.74. The van der Waals surface area contributed by atoms with Gasteiger partial charge in [0.1, 0.15) is 17.2 Å². The van der Waals surface area contributed by atoms with E-state index in [-0.39, 0.29) is 5.91 Å². The Balaban J connectivity index is 1.80. The van der Waals surface area contributed by atoms with Crippen molar-refractivity contribution in [2.24, 2.45) is 5.10 Å². The number of hydrogen-bond donors (Lipinski definition) is 1. The van der Waals surface area contributed by atoms with Gasteiger partial charge in [0.2, 0.25) is 0 Å². The van der Waals surface area contributed by atoms with Gasteiger partial charge < -0.3 is 14.2 Å². The fraction of sp³-hybridized carbons (Fsp3) is 0.217. The van der Waals surface area contributed by atoms with Crippen LogP contribution in [0.15, 0.2) is 59.7 Å². The second-order valence-corrected chi connectivity index (χ2v) is 6.16. The predicted octanol–water partition coefficient (Wildman–Crippen LogP) is 4.41. The van der Waals surface area contributed by atoms with Crippen molar-refractivity contribution in [1.29, 1.82) is 0 Å². The first-order valence-corrected chi connectivity index (χ1v) is 9.46. The summed E-state index contributed by atoms with van der Waals surface area (Å²) < 4.78 is 16.5. The first kappa shape index (κ1) is 20.2. The van der Waals surface area contributed by atoms with Crippen LogP contribution in [0.2, 0.25) is 0 Å². The third-order valence-corrected chi connectivity index (χ3v) is 4.28. The van der Waals surface area contributed by atoms with Gasteiger partial charge in [-0.25, -0.2) is 5.43 Å². The average molecular weight is 392 g/mol. The maximum Gasteiger partial charge on any atom is 0.275 e. The Morgan fingerprint density at radius 3 is 2.38 bits per heavy atom. The summed E-state index contributed by atoms with van der Waals surface area (Å²) in [6.45, 7) is 4.91.